The molecule has 4 heteroatoms. The third-order valence-electron chi connectivity index (χ3n) is 4.53. The molecule has 0 saturated carbocycles. The standard InChI is InChI=1S/C14H27N3O/c1-3-12-4-10-17(11-5-12)14(18)15-13-6-8-16(2)9-7-13/h12-13H,3-11H2,1-2H3,(H,15,18). The van der Waals surface area contributed by atoms with Gasteiger partial charge in [0.1, 0.15) is 0 Å². The van der Waals surface area contributed by atoms with E-state index in [4.69, 9.17) is 0 Å². The molecule has 0 spiro atoms. The minimum atomic E-state index is 0.166. The van der Waals surface area contributed by atoms with Gasteiger partial charge in [-0.25, -0.2) is 4.79 Å². The van der Waals surface area contributed by atoms with E-state index in [0.717, 1.165) is 44.9 Å². The summed E-state index contributed by atoms with van der Waals surface area (Å²) in [6.07, 6.45) is 5.79. The van der Waals surface area contributed by atoms with E-state index in [2.05, 4.69) is 24.2 Å². The second-order valence-corrected chi connectivity index (χ2v) is 5.87. The molecule has 0 aliphatic carbocycles. The van der Waals surface area contributed by atoms with Crippen molar-refractivity contribution in [2.45, 2.75) is 45.1 Å². The zero-order chi connectivity index (χ0) is 13.0. The van der Waals surface area contributed by atoms with Gasteiger partial charge in [-0.3, -0.25) is 0 Å². The lowest BCUT2D eigenvalue weighted by Crippen LogP contribution is -2.50. The van der Waals surface area contributed by atoms with Gasteiger partial charge >= 0.3 is 6.03 Å². The van der Waals surface area contributed by atoms with Gasteiger partial charge in [0.2, 0.25) is 0 Å². The first-order valence-electron chi connectivity index (χ1n) is 7.43. The van der Waals surface area contributed by atoms with E-state index in [1.165, 1.54) is 19.3 Å². The smallest absolute Gasteiger partial charge is 0.317 e. The van der Waals surface area contributed by atoms with Crippen LogP contribution in [0.5, 0.6) is 0 Å². The molecule has 2 amide bonds. The molecule has 0 radical (unpaired) electrons. The predicted octanol–water partition coefficient (Wildman–Crippen LogP) is 1.91. The van der Waals surface area contributed by atoms with Crippen LogP contribution in [0.1, 0.15) is 39.0 Å². The second-order valence-electron chi connectivity index (χ2n) is 5.87. The molecule has 0 unspecified atom stereocenters. The van der Waals surface area contributed by atoms with Gasteiger partial charge in [0.25, 0.3) is 0 Å². The number of nitrogens with one attached hydrogen (secondary N) is 1. The van der Waals surface area contributed by atoms with Gasteiger partial charge in [0.15, 0.2) is 0 Å². The Labute approximate surface area is 111 Å². The summed E-state index contributed by atoms with van der Waals surface area (Å²) in [6.45, 7) is 6.33. The molecule has 104 valence electrons. The summed E-state index contributed by atoms with van der Waals surface area (Å²) >= 11 is 0. The van der Waals surface area contributed by atoms with Crippen molar-refractivity contribution in [2.24, 2.45) is 5.92 Å². The Balaban J connectivity index is 1.72. The fraction of sp³-hybridized carbons (Fsp3) is 0.929. The first-order valence-corrected chi connectivity index (χ1v) is 7.43. The molecule has 0 bridgehead atoms. The Morgan fingerprint density at radius 2 is 1.72 bits per heavy atom. The fourth-order valence-electron chi connectivity index (χ4n) is 2.96. The first-order chi connectivity index (χ1) is 8.69. The second kappa shape index (κ2) is 6.41. The van der Waals surface area contributed by atoms with E-state index in [-0.39, 0.29) is 6.03 Å². The molecule has 0 aromatic heterocycles. The number of amides is 2. The minimum Gasteiger partial charge on any atom is -0.335 e. The number of rotatable bonds is 2. The average Bonchev–Trinajstić information content (AvgIpc) is 2.41. The summed E-state index contributed by atoms with van der Waals surface area (Å²) in [6, 6.07) is 0.553. The van der Waals surface area contributed by atoms with Crippen molar-refractivity contribution in [3.63, 3.8) is 0 Å². The summed E-state index contributed by atoms with van der Waals surface area (Å²) in [4.78, 5) is 16.5. The topological polar surface area (TPSA) is 35.6 Å². The summed E-state index contributed by atoms with van der Waals surface area (Å²) in [7, 11) is 2.15. The fourth-order valence-corrected chi connectivity index (χ4v) is 2.96. The van der Waals surface area contributed by atoms with Gasteiger partial charge in [-0.1, -0.05) is 13.3 Å². The third kappa shape index (κ3) is 3.61. The Morgan fingerprint density at radius 1 is 1.11 bits per heavy atom. The number of nitrogens with zero attached hydrogens (tertiary/aromatic N) is 2. The molecule has 2 heterocycles. The van der Waals surface area contributed by atoms with Gasteiger partial charge in [0.05, 0.1) is 0 Å². The molecule has 0 aromatic carbocycles. The third-order valence-corrected chi connectivity index (χ3v) is 4.53. The summed E-state index contributed by atoms with van der Waals surface area (Å²) < 4.78 is 0. The maximum atomic E-state index is 12.1. The van der Waals surface area contributed by atoms with Gasteiger partial charge < -0.3 is 15.1 Å². The van der Waals surface area contributed by atoms with Crippen molar-refractivity contribution in [3.8, 4) is 0 Å². The molecule has 18 heavy (non-hydrogen) atoms. The van der Waals surface area contributed by atoms with Gasteiger partial charge in [-0.05, 0) is 51.7 Å². The molecule has 2 aliphatic heterocycles. The van der Waals surface area contributed by atoms with Gasteiger partial charge in [0, 0.05) is 19.1 Å². The molecule has 2 aliphatic rings. The van der Waals surface area contributed by atoms with Crippen LogP contribution in [0.4, 0.5) is 4.79 Å². The number of carbonyl (C=O) groups excluding carboxylic acids is 1. The van der Waals surface area contributed by atoms with E-state index in [1.807, 2.05) is 4.90 Å². The van der Waals surface area contributed by atoms with Crippen LogP contribution in [0.25, 0.3) is 0 Å². The van der Waals surface area contributed by atoms with Crippen molar-refractivity contribution >= 4 is 6.03 Å². The Bertz CT molecular complexity index is 266. The van der Waals surface area contributed by atoms with Crippen molar-refractivity contribution in [3.05, 3.63) is 0 Å². The zero-order valence-electron chi connectivity index (χ0n) is 11.8. The maximum absolute atomic E-state index is 12.1. The highest BCUT2D eigenvalue weighted by Gasteiger charge is 2.24. The van der Waals surface area contributed by atoms with Crippen LogP contribution in [0.2, 0.25) is 0 Å². The van der Waals surface area contributed by atoms with Crippen LogP contribution < -0.4 is 5.32 Å². The van der Waals surface area contributed by atoms with E-state index in [9.17, 15) is 4.79 Å². The van der Waals surface area contributed by atoms with Crippen LogP contribution in [-0.4, -0.2) is 55.1 Å². The molecular formula is C14H27N3O. The van der Waals surface area contributed by atoms with Crippen molar-refractivity contribution in [2.75, 3.05) is 33.2 Å². The van der Waals surface area contributed by atoms with Crippen molar-refractivity contribution in [1.29, 1.82) is 0 Å². The van der Waals surface area contributed by atoms with Crippen LogP contribution in [-0.2, 0) is 0 Å². The number of piperidine rings is 2. The number of hydrogen-bond acceptors (Lipinski definition) is 2. The summed E-state index contributed by atoms with van der Waals surface area (Å²) in [5, 5.41) is 3.20. The highest BCUT2D eigenvalue weighted by atomic mass is 16.2. The summed E-state index contributed by atoms with van der Waals surface area (Å²) in [5.74, 6) is 0.831. The SMILES string of the molecule is CCC1CCN(C(=O)NC2CCN(C)CC2)CC1. The first kappa shape index (κ1) is 13.7. The largest absolute Gasteiger partial charge is 0.335 e. The van der Waals surface area contributed by atoms with E-state index >= 15 is 0 Å². The summed E-state index contributed by atoms with van der Waals surface area (Å²) in [5.41, 5.74) is 0. The number of likely N-dealkylation sites (tertiary alicyclic amines) is 2. The minimum absolute atomic E-state index is 0.166. The van der Waals surface area contributed by atoms with Crippen molar-refractivity contribution in [1.82, 2.24) is 15.1 Å². The van der Waals surface area contributed by atoms with E-state index < -0.39 is 0 Å². The number of urea groups is 1. The predicted molar refractivity (Wildman–Crippen MR) is 73.6 cm³/mol. The van der Waals surface area contributed by atoms with E-state index in [1.54, 1.807) is 0 Å². The number of hydrogen-bond donors (Lipinski definition) is 1. The highest BCUT2D eigenvalue weighted by molar-refractivity contribution is 5.74. The zero-order valence-corrected chi connectivity index (χ0v) is 11.8. The normalized spacial score (nSPS) is 24.2. The molecule has 4 nitrogen and oxygen atoms in total. The average molecular weight is 253 g/mol. The lowest BCUT2D eigenvalue weighted by Gasteiger charge is -2.35. The van der Waals surface area contributed by atoms with E-state index in [0.29, 0.717) is 6.04 Å². The Hall–Kier alpha value is -0.770. The Morgan fingerprint density at radius 3 is 2.28 bits per heavy atom. The quantitative estimate of drug-likeness (QED) is 0.816. The maximum Gasteiger partial charge on any atom is 0.317 e. The lowest BCUT2D eigenvalue weighted by atomic mass is 9.95. The molecule has 0 atom stereocenters. The van der Waals surface area contributed by atoms with Crippen LogP contribution in [0.3, 0.4) is 0 Å². The molecule has 2 rings (SSSR count). The van der Waals surface area contributed by atoms with Crippen LogP contribution in [0, 0.1) is 5.92 Å². The highest BCUT2D eigenvalue weighted by Crippen LogP contribution is 2.20. The monoisotopic (exact) mass is 253 g/mol. The molecule has 2 saturated heterocycles. The van der Waals surface area contributed by atoms with Gasteiger partial charge in [-0.15, -0.1) is 0 Å². The number of carbonyl (C=O) groups is 1. The van der Waals surface area contributed by atoms with Crippen LogP contribution >= 0.6 is 0 Å². The Kier molecular flexibility index (Phi) is 4.87. The van der Waals surface area contributed by atoms with Crippen LogP contribution in [0.15, 0.2) is 0 Å². The molecule has 2 fully saturated rings. The molecule has 1 N–H and O–H groups in total. The lowest BCUT2D eigenvalue weighted by molar-refractivity contribution is 0.158. The molecular weight excluding hydrogens is 226 g/mol. The van der Waals surface area contributed by atoms with Crippen molar-refractivity contribution < 1.29 is 4.79 Å². The molecule has 0 aromatic rings. The van der Waals surface area contributed by atoms with Gasteiger partial charge in [-0.2, -0.15) is 0 Å².